The van der Waals surface area contributed by atoms with Crippen LogP contribution in [0, 0.1) is 6.92 Å². The molecule has 18 heteroatoms. The van der Waals surface area contributed by atoms with Gasteiger partial charge in [0.15, 0.2) is 0 Å². The predicted molar refractivity (Wildman–Crippen MR) is 241 cm³/mol. The molecular formula is C47H52N8O10. The number of nitrogens with two attached hydrogens (primary N) is 1. The molecule has 0 spiro atoms. The number of likely N-dealkylation sites (N-methyl/N-ethyl adjacent to an activating group) is 1. The van der Waals surface area contributed by atoms with E-state index in [0.717, 1.165) is 21.4 Å². The predicted octanol–water partition coefficient (Wildman–Crippen LogP) is 3.51. The first-order valence-corrected chi connectivity index (χ1v) is 20.8. The Morgan fingerprint density at radius 1 is 0.708 bits per heavy atom. The molecule has 0 aliphatic carbocycles. The van der Waals surface area contributed by atoms with Gasteiger partial charge in [-0.3, -0.25) is 28.8 Å². The highest BCUT2D eigenvalue weighted by molar-refractivity contribution is 6.06. The van der Waals surface area contributed by atoms with Crippen LogP contribution >= 0.6 is 0 Å². The number of para-hydroxylation sites is 2. The Morgan fingerprint density at radius 3 is 2.05 bits per heavy atom. The van der Waals surface area contributed by atoms with Crippen molar-refractivity contribution < 1.29 is 48.6 Å². The van der Waals surface area contributed by atoms with E-state index in [-0.39, 0.29) is 43.4 Å². The summed E-state index contributed by atoms with van der Waals surface area (Å²) in [5.41, 5.74) is 8.58. The topological polar surface area (TPSA) is 282 Å². The van der Waals surface area contributed by atoms with E-state index in [1.165, 1.54) is 31.3 Å². The number of aryl methyl sites for hydroxylation is 1. The summed E-state index contributed by atoms with van der Waals surface area (Å²) >= 11 is 0. The van der Waals surface area contributed by atoms with Gasteiger partial charge in [0, 0.05) is 49.2 Å². The lowest BCUT2D eigenvalue weighted by Gasteiger charge is -2.32. The summed E-state index contributed by atoms with van der Waals surface area (Å²) in [5.74, 6) is -7.30. The minimum atomic E-state index is -1.68. The fourth-order valence-corrected chi connectivity index (χ4v) is 7.23. The van der Waals surface area contributed by atoms with Crippen LogP contribution in [0.4, 0.5) is 10.5 Å². The van der Waals surface area contributed by atoms with E-state index in [9.17, 15) is 48.6 Å². The van der Waals surface area contributed by atoms with Crippen LogP contribution in [0.25, 0.3) is 10.9 Å². The summed E-state index contributed by atoms with van der Waals surface area (Å²) in [6.45, 7) is 2.00. The van der Waals surface area contributed by atoms with E-state index in [0.29, 0.717) is 23.2 Å². The van der Waals surface area contributed by atoms with Crippen LogP contribution < -0.4 is 32.3 Å². The molecule has 0 radical (unpaired) electrons. The standard InChI is InChI=1S/C47H52N8O10/c1-28-14-6-10-20-34(28)54-47(65)49-23-13-12-22-36(45(62)55(2)39(26-40(56)57)44(61)52-37(41(48)58)24-29-15-4-3-5-16-29)51-43(60)38(25-30-27-50-35-21-11-9-17-31(30)35)53-42(59)32-18-7-8-19-33(32)46(63)64/h3-11,14-21,27,36-39,50H,12-13,22-26H2,1-2H3,(H2,48,58)(H,51,60)(H,52,61)(H,53,59)(H,56,57)(H,63,64)(H2,49,54,65)/t36-,37-,38-,39-/m0/s1. The summed E-state index contributed by atoms with van der Waals surface area (Å²) in [7, 11) is 1.19. The van der Waals surface area contributed by atoms with Crippen molar-refractivity contribution in [2.45, 2.75) is 69.6 Å². The van der Waals surface area contributed by atoms with Gasteiger partial charge in [-0.1, -0.05) is 78.9 Å². The van der Waals surface area contributed by atoms with E-state index in [1.54, 1.807) is 54.7 Å². The minimum absolute atomic E-state index is 0.0183. The molecule has 340 valence electrons. The average Bonchev–Trinajstić information content (AvgIpc) is 3.70. The molecule has 5 aromatic rings. The van der Waals surface area contributed by atoms with Crippen molar-refractivity contribution in [1.29, 1.82) is 0 Å². The van der Waals surface area contributed by atoms with Gasteiger partial charge in [-0.2, -0.15) is 0 Å². The molecule has 0 saturated carbocycles. The number of carbonyl (C=O) groups excluding carboxylic acids is 6. The number of carboxylic acids is 2. The maximum Gasteiger partial charge on any atom is 0.336 e. The summed E-state index contributed by atoms with van der Waals surface area (Å²) in [6, 6.07) is 22.3. The van der Waals surface area contributed by atoms with Crippen molar-refractivity contribution in [3.05, 3.63) is 137 Å². The normalized spacial score (nSPS) is 12.7. The number of benzene rings is 4. The molecule has 0 bridgehead atoms. The second-order valence-corrected chi connectivity index (χ2v) is 15.4. The number of nitrogens with one attached hydrogen (secondary N) is 6. The number of hydrogen-bond donors (Lipinski definition) is 9. The number of fused-ring (bicyclic) bond motifs is 1. The van der Waals surface area contributed by atoms with Crippen LogP contribution in [-0.4, -0.2) is 105 Å². The summed E-state index contributed by atoms with van der Waals surface area (Å²) in [6.07, 6.45) is 1.09. The highest BCUT2D eigenvalue weighted by Crippen LogP contribution is 2.21. The highest BCUT2D eigenvalue weighted by Gasteiger charge is 2.36. The monoisotopic (exact) mass is 888 g/mol. The third-order valence-corrected chi connectivity index (χ3v) is 10.8. The smallest absolute Gasteiger partial charge is 0.336 e. The largest absolute Gasteiger partial charge is 0.481 e. The van der Waals surface area contributed by atoms with Crippen molar-refractivity contribution >= 4 is 64.1 Å². The number of carbonyl (C=O) groups is 8. The van der Waals surface area contributed by atoms with Crippen molar-refractivity contribution in [1.82, 2.24) is 31.2 Å². The molecule has 7 amide bonds. The molecule has 18 nitrogen and oxygen atoms in total. The van der Waals surface area contributed by atoms with E-state index < -0.39 is 78.1 Å². The number of H-pyrrole nitrogens is 1. The van der Waals surface area contributed by atoms with Gasteiger partial charge in [0.05, 0.1) is 17.5 Å². The number of hydrogen-bond acceptors (Lipinski definition) is 8. The number of anilines is 1. The minimum Gasteiger partial charge on any atom is -0.481 e. The molecule has 65 heavy (non-hydrogen) atoms. The van der Waals surface area contributed by atoms with Crippen molar-refractivity contribution in [2.24, 2.45) is 5.73 Å². The number of primary amides is 1. The zero-order chi connectivity index (χ0) is 47.0. The van der Waals surface area contributed by atoms with Gasteiger partial charge in [0.25, 0.3) is 5.91 Å². The Bertz CT molecular complexity index is 2530. The fraction of sp³-hybridized carbons (Fsp3) is 0.277. The first-order valence-electron chi connectivity index (χ1n) is 20.8. The SMILES string of the molecule is Cc1ccccc1NC(=O)NCCCC[C@H](NC(=O)[C@H](Cc1c[nH]c2ccccc12)NC(=O)c1ccccc1C(=O)O)C(=O)N(C)[C@@H](CC(=O)O)C(=O)N[C@@H](Cc1ccccc1)C(N)=O. The lowest BCUT2D eigenvalue weighted by atomic mass is 10.0. The average molecular weight is 889 g/mol. The second kappa shape index (κ2) is 22.9. The van der Waals surface area contributed by atoms with Crippen LogP contribution in [0.2, 0.25) is 0 Å². The second-order valence-electron chi connectivity index (χ2n) is 15.4. The molecule has 1 aromatic heterocycles. The number of rotatable bonds is 22. The number of amides is 7. The molecule has 0 aliphatic rings. The van der Waals surface area contributed by atoms with E-state index in [1.807, 2.05) is 37.3 Å². The zero-order valence-corrected chi connectivity index (χ0v) is 35.8. The quantitative estimate of drug-likeness (QED) is 0.0456. The van der Waals surface area contributed by atoms with Crippen molar-refractivity contribution in [3.8, 4) is 0 Å². The van der Waals surface area contributed by atoms with E-state index in [2.05, 4.69) is 31.6 Å². The fourth-order valence-electron chi connectivity index (χ4n) is 7.23. The third kappa shape index (κ3) is 13.5. The van der Waals surface area contributed by atoms with Gasteiger partial charge in [-0.05, 0) is 67.1 Å². The Labute approximate surface area is 374 Å². The van der Waals surface area contributed by atoms with Crippen LogP contribution in [-0.2, 0) is 36.8 Å². The maximum absolute atomic E-state index is 14.5. The van der Waals surface area contributed by atoms with Crippen LogP contribution in [0.3, 0.4) is 0 Å². The third-order valence-electron chi connectivity index (χ3n) is 10.8. The van der Waals surface area contributed by atoms with Crippen LogP contribution in [0.15, 0.2) is 109 Å². The number of unbranched alkanes of at least 4 members (excludes halogenated alkanes) is 1. The molecule has 10 N–H and O–H groups in total. The van der Waals surface area contributed by atoms with E-state index >= 15 is 0 Å². The van der Waals surface area contributed by atoms with Gasteiger partial charge in [-0.15, -0.1) is 0 Å². The highest BCUT2D eigenvalue weighted by atomic mass is 16.4. The van der Waals surface area contributed by atoms with Gasteiger partial charge >= 0.3 is 18.0 Å². The number of carboxylic acid groups (broad SMARTS) is 2. The Balaban J connectivity index is 1.41. The summed E-state index contributed by atoms with van der Waals surface area (Å²) in [4.78, 5) is 110. The summed E-state index contributed by atoms with van der Waals surface area (Å²) in [5, 5.41) is 33.8. The molecule has 5 rings (SSSR count). The molecule has 4 aromatic carbocycles. The number of aromatic nitrogens is 1. The van der Waals surface area contributed by atoms with Gasteiger partial charge in [0.2, 0.25) is 23.6 Å². The van der Waals surface area contributed by atoms with Crippen LogP contribution in [0.5, 0.6) is 0 Å². The number of aromatic amines is 1. The number of aromatic carboxylic acids is 1. The van der Waals surface area contributed by atoms with Gasteiger partial charge < -0.3 is 52.4 Å². The lowest BCUT2D eigenvalue weighted by molar-refractivity contribution is -0.147. The maximum atomic E-state index is 14.5. The number of nitrogens with zero attached hydrogens (tertiary/aromatic N) is 1. The van der Waals surface area contributed by atoms with Crippen molar-refractivity contribution in [2.75, 3.05) is 18.9 Å². The Morgan fingerprint density at radius 2 is 1.35 bits per heavy atom. The molecule has 0 saturated heterocycles. The van der Waals surface area contributed by atoms with Crippen molar-refractivity contribution in [3.63, 3.8) is 0 Å². The molecule has 0 unspecified atom stereocenters. The lowest BCUT2D eigenvalue weighted by Crippen LogP contribution is -2.59. The summed E-state index contributed by atoms with van der Waals surface area (Å²) < 4.78 is 0. The molecular weight excluding hydrogens is 837 g/mol. The van der Waals surface area contributed by atoms with Gasteiger partial charge in [-0.25, -0.2) is 9.59 Å². The van der Waals surface area contributed by atoms with E-state index in [4.69, 9.17) is 5.73 Å². The molecule has 0 fully saturated rings. The molecule has 0 aliphatic heterocycles. The Kier molecular flexibility index (Phi) is 16.9. The first kappa shape index (κ1) is 48.0. The number of urea groups is 1. The molecule has 1 heterocycles. The molecule has 4 atom stereocenters. The number of aliphatic carboxylic acids is 1. The Hall–Kier alpha value is -8.02. The van der Waals surface area contributed by atoms with Gasteiger partial charge in [0.1, 0.15) is 24.2 Å². The zero-order valence-electron chi connectivity index (χ0n) is 35.8. The first-order chi connectivity index (χ1) is 31.1. The van der Waals surface area contributed by atoms with Crippen LogP contribution in [0.1, 0.15) is 63.1 Å².